The van der Waals surface area contributed by atoms with E-state index in [9.17, 15) is 0 Å². The molecule has 0 fully saturated rings. The van der Waals surface area contributed by atoms with E-state index < -0.39 is 0 Å². The van der Waals surface area contributed by atoms with Crippen LogP contribution in [0.25, 0.3) is 28.1 Å². The number of nitrogens with zero attached hydrogens (tertiary/aromatic N) is 5. The third-order valence-corrected chi connectivity index (χ3v) is 8.38. The predicted molar refractivity (Wildman–Crippen MR) is 208 cm³/mol. The Hall–Kier alpha value is -6.86. The number of allylic oxidation sites excluding steroid dienone is 4. The molecular formula is C43H33N7. The van der Waals surface area contributed by atoms with Crippen molar-refractivity contribution >= 4 is 56.6 Å². The molecule has 1 aliphatic heterocycles. The van der Waals surface area contributed by atoms with Gasteiger partial charge in [0.25, 0.3) is 0 Å². The van der Waals surface area contributed by atoms with Gasteiger partial charge >= 0.3 is 0 Å². The first kappa shape index (κ1) is 30.5. The van der Waals surface area contributed by atoms with Crippen LogP contribution in [0.5, 0.6) is 0 Å². The Morgan fingerprint density at radius 2 is 1.06 bits per heavy atom. The molecular weight excluding hydrogens is 615 g/mol. The fourth-order valence-corrected chi connectivity index (χ4v) is 5.87. The van der Waals surface area contributed by atoms with Gasteiger partial charge in [0.05, 0.1) is 56.3 Å². The highest BCUT2D eigenvalue weighted by molar-refractivity contribution is 6.19. The average molecular weight is 648 g/mol. The minimum absolute atomic E-state index is 0.852. The Morgan fingerprint density at radius 3 is 1.70 bits per heavy atom. The predicted octanol–water partition coefficient (Wildman–Crippen LogP) is 10.1. The van der Waals surface area contributed by atoms with E-state index in [4.69, 9.17) is 20.0 Å². The second-order valence-electron chi connectivity index (χ2n) is 11.8. The number of anilines is 3. The Labute approximate surface area is 290 Å². The first-order valence-corrected chi connectivity index (χ1v) is 16.5. The second-order valence-corrected chi connectivity index (χ2v) is 11.8. The molecule has 3 aliphatic rings. The zero-order chi connectivity index (χ0) is 33.7. The fourth-order valence-electron chi connectivity index (χ4n) is 5.87. The number of aromatic nitrogens is 2. The number of hydrogen-bond donors (Lipinski definition) is 2. The summed E-state index contributed by atoms with van der Waals surface area (Å²) in [6.07, 6.45) is 7.93. The lowest BCUT2D eigenvalue weighted by Crippen LogP contribution is -2.10. The molecule has 0 aromatic heterocycles. The van der Waals surface area contributed by atoms with Crippen LogP contribution < -0.4 is 16.0 Å². The normalized spacial score (nSPS) is 12.8. The number of nitrogens with one attached hydrogen (secondary N) is 2. The van der Waals surface area contributed by atoms with Gasteiger partial charge in [-0.1, -0.05) is 30.3 Å². The van der Waals surface area contributed by atoms with Gasteiger partial charge in [0, 0.05) is 29.8 Å². The monoisotopic (exact) mass is 647 g/mol. The molecule has 2 aliphatic carbocycles. The molecule has 7 heteroatoms. The number of para-hydroxylation sites is 3. The van der Waals surface area contributed by atoms with Crippen LogP contribution in [0.4, 0.5) is 34.1 Å². The number of rotatable bonds is 7. The van der Waals surface area contributed by atoms with E-state index in [1.54, 1.807) is 0 Å². The molecule has 0 radical (unpaired) electrons. The van der Waals surface area contributed by atoms with Crippen LogP contribution in [-0.4, -0.2) is 28.0 Å². The molecule has 5 aromatic carbocycles. The minimum Gasteiger partial charge on any atom is -0.388 e. The zero-order valence-corrected chi connectivity index (χ0v) is 27.4. The SMILES string of the molecule is CNc1ccc(Nc2ccc(N=C3C=CC(=Nc4ccc(/N=c5\ccc6nc7ccccc7n(-c7ccccc7)c-6c5)cc4)C=C3)cc2)cc1. The van der Waals surface area contributed by atoms with Crippen molar-refractivity contribution in [3.8, 4) is 17.1 Å². The summed E-state index contributed by atoms with van der Waals surface area (Å²) in [5.74, 6) is 0. The van der Waals surface area contributed by atoms with Crippen LogP contribution in [0.2, 0.25) is 0 Å². The van der Waals surface area contributed by atoms with Crippen LogP contribution in [0, 0.1) is 0 Å². The van der Waals surface area contributed by atoms with Crippen LogP contribution >= 0.6 is 0 Å². The lowest BCUT2D eigenvalue weighted by molar-refractivity contribution is 1.07. The summed E-state index contributed by atoms with van der Waals surface area (Å²) >= 11 is 0. The summed E-state index contributed by atoms with van der Waals surface area (Å²) in [4.78, 5) is 19.4. The summed E-state index contributed by atoms with van der Waals surface area (Å²) in [6.45, 7) is 0. The van der Waals surface area contributed by atoms with Crippen molar-refractivity contribution in [2.75, 3.05) is 17.7 Å². The van der Waals surface area contributed by atoms with Gasteiger partial charge < -0.3 is 15.2 Å². The van der Waals surface area contributed by atoms with Crippen LogP contribution in [0.15, 0.2) is 185 Å². The van der Waals surface area contributed by atoms with Crippen molar-refractivity contribution in [1.82, 2.24) is 9.55 Å². The largest absolute Gasteiger partial charge is 0.388 e. The van der Waals surface area contributed by atoms with E-state index in [0.29, 0.717) is 0 Å². The lowest BCUT2D eigenvalue weighted by atomic mass is 10.1. The molecule has 7 nitrogen and oxygen atoms in total. The lowest BCUT2D eigenvalue weighted by Gasteiger charge is -2.18. The minimum atomic E-state index is 0.852. The van der Waals surface area contributed by atoms with Crippen molar-refractivity contribution in [3.63, 3.8) is 0 Å². The smallest absolute Gasteiger partial charge is 0.0879 e. The molecule has 0 bridgehead atoms. The summed E-state index contributed by atoms with van der Waals surface area (Å²) in [7, 11) is 1.91. The number of benzene rings is 6. The van der Waals surface area contributed by atoms with Crippen LogP contribution in [0.1, 0.15) is 0 Å². The maximum absolute atomic E-state index is 4.94. The van der Waals surface area contributed by atoms with Crippen LogP contribution in [-0.2, 0) is 0 Å². The molecule has 240 valence electrons. The molecule has 1 heterocycles. The summed E-state index contributed by atoms with van der Waals surface area (Å²) in [5.41, 5.74) is 12.4. The molecule has 5 aromatic rings. The van der Waals surface area contributed by atoms with E-state index in [-0.39, 0.29) is 0 Å². The van der Waals surface area contributed by atoms with E-state index >= 15 is 0 Å². The van der Waals surface area contributed by atoms with Gasteiger partial charge in [0.15, 0.2) is 0 Å². The maximum atomic E-state index is 4.94. The van der Waals surface area contributed by atoms with E-state index in [1.807, 2.05) is 141 Å². The van der Waals surface area contributed by atoms with Crippen molar-refractivity contribution < 1.29 is 0 Å². The van der Waals surface area contributed by atoms with Gasteiger partial charge in [-0.05, 0) is 140 Å². The van der Waals surface area contributed by atoms with Gasteiger partial charge in [-0.15, -0.1) is 0 Å². The second kappa shape index (κ2) is 13.7. The Kier molecular flexibility index (Phi) is 8.35. The van der Waals surface area contributed by atoms with Gasteiger partial charge in [0.2, 0.25) is 0 Å². The highest BCUT2D eigenvalue weighted by atomic mass is 15.0. The van der Waals surface area contributed by atoms with Gasteiger partial charge in [-0.25, -0.2) is 20.0 Å². The molecule has 2 N–H and O–H groups in total. The van der Waals surface area contributed by atoms with Crippen LogP contribution in [0.3, 0.4) is 0 Å². The molecule has 0 saturated heterocycles. The third-order valence-electron chi connectivity index (χ3n) is 8.38. The zero-order valence-electron chi connectivity index (χ0n) is 27.4. The Morgan fingerprint density at radius 1 is 0.520 bits per heavy atom. The topological polar surface area (TPSA) is 79.0 Å². The summed E-state index contributed by atoms with van der Waals surface area (Å²) in [6, 6.07) is 49.0. The fraction of sp³-hybridized carbons (Fsp3) is 0.0233. The molecule has 8 rings (SSSR count). The quantitative estimate of drug-likeness (QED) is 0.134. The molecule has 0 unspecified atom stereocenters. The first-order chi connectivity index (χ1) is 24.7. The standard InChI is InChI=1S/C43H33N7/c1-44-30-11-13-31(14-12-30)45-32-15-17-33(18-16-32)46-34-19-21-35(22-20-34)47-36-23-25-37(26-24-36)48-38-27-28-41-43(29-38)50(39-7-3-2-4-8-39)42-10-6-5-9-40(42)49-41/h2-29,44-45H,1H3/b46-34?,47-35?,48-38+. The van der Waals surface area contributed by atoms with E-state index in [2.05, 4.69) is 51.6 Å². The number of hydrogen-bond acceptors (Lipinski definition) is 6. The number of fused-ring (bicyclic) bond motifs is 2. The average Bonchev–Trinajstić information content (AvgIpc) is 3.17. The number of aliphatic imine (C=N–C) groups is 2. The maximum Gasteiger partial charge on any atom is 0.0879 e. The first-order valence-electron chi connectivity index (χ1n) is 16.5. The van der Waals surface area contributed by atoms with Gasteiger partial charge in [-0.3, -0.25) is 0 Å². The molecule has 0 amide bonds. The van der Waals surface area contributed by atoms with Gasteiger partial charge in [-0.2, -0.15) is 0 Å². The molecule has 0 spiro atoms. The molecule has 50 heavy (non-hydrogen) atoms. The summed E-state index contributed by atoms with van der Waals surface area (Å²) in [5, 5.41) is 7.41. The third kappa shape index (κ3) is 6.74. The highest BCUT2D eigenvalue weighted by Crippen LogP contribution is 2.28. The molecule has 0 atom stereocenters. The van der Waals surface area contributed by atoms with E-state index in [0.717, 1.165) is 79.0 Å². The van der Waals surface area contributed by atoms with Crippen molar-refractivity contribution in [2.45, 2.75) is 0 Å². The van der Waals surface area contributed by atoms with Crippen molar-refractivity contribution in [3.05, 3.63) is 175 Å². The molecule has 0 saturated carbocycles. The highest BCUT2D eigenvalue weighted by Gasteiger charge is 2.13. The Bertz CT molecular complexity index is 2430. The van der Waals surface area contributed by atoms with Crippen molar-refractivity contribution in [1.29, 1.82) is 0 Å². The van der Waals surface area contributed by atoms with E-state index in [1.165, 1.54) is 0 Å². The summed E-state index contributed by atoms with van der Waals surface area (Å²) < 4.78 is 2.25. The van der Waals surface area contributed by atoms with Gasteiger partial charge in [0.1, 0.15) is 0 Å². The van der Waals surface area contributed by atoms with Crippen molar-refractivity contribution in [2.24, 2.45) is 15.0 Å². The Balaban J connectivity index is 0.972.